The Balaban J connectivity index is 1.38. The van der Waals surface area contributed by atoms with E-state index in [1.165, 1.54) is 20.0 Å². The Morgan fingerprint density at radius 3 is 2.61 bits per heavy atom. The van der Waals surface area contributed by atoms with Crippen molar-refractivity contribution in [2.75, 3.05) is 25.5 Å². The van der Waals surface area contributed by atoms with Crippen LogP contribution in [0, 0.1) is 12.3 Å². The summed E-state index contributed by atoms with van der Waals surface area (Å²) in [4.78, 5) is 27.8. The van der Waals surface area contributed by atoms with Crippen molar-refractivity contribution < 1.29 is 14.3 Å². The number of amides is 1. The summed E-state index contributed by atoms with van der Waals surface area (Å²) in [7, 11) is 1.39. The second kappa shape index (κ2) is 8.49. The van der Waals surface area contributed by atoms with Crippen LogP contribution in [0.3, 0.4) is 0 Å². The van der Waals surface area contributed by atoms with Crippen LogP contribution < -0.4 is 10.6 Å². The average molecular weight is 448 g/mol. The molecule has 1 atom stereocenters. The number of carbonyl (C=O) groups is 2. The van der Waals surface area contributed by atoms with E-state index in [0.29, 0.717) is 23.6 Å². The first kappa shape index (κ1) is 22.0. The zero-order valence-electron chi connectivity index (χ0n) is 19.7. The quantitative estimate of drug-likeness (QED) is 0.663. The fourth-order valence-electron chi connectivity index (χ4n) is 5.86. The third kappa shape index (κ3) is 3.90. The maximum absolute atomic E-state index is 13.4. The lowest BCUT2D eigenvalue weighted by Crippen LogP contribution is -2.56. The Morgan fingerprint density at radius 2 is 1.94 bits per heavy atom. The molecule has 174 valence electrons. The second-order valence-corrected chi connectivity index (χ2v) is 10.1. The van der Waals surface area contributed by atoms with Crippen LogP contribution in [0.15, 0.2) is 36.4 Å². The van der Waals surface area contributed by atoms with Gasteiger partial charge in [-0.05, 0) is 79.8 Å². The number of hydrogen-bond donors (Lipinski definition) is 2. The molecule has 2 heterocycles. The number of anilines is 1. The first-order chi connectivity index (χ1) is 15.9. The summed E-state index contributed by atoms with van der Waals surface area (Å²) in [6.07, 6.45) is 4.60. The molecular formula is C27H33N3O3. The van der Waals surface area contributed by atoms with Crippen molar-refractivity contribution in [2.24, 2.45) is 5.41 Å². The topological polar surface area (TPSA) is 70.7 Å². The Bertz CT molecular complexity index is 1080. The van der Waals surface area contributed by atoms with E-state index in [2.05, 4.69) is 28.5 Å². The molecule has 0 radical (unpaired) electrons. The third-order valence-corrected chi connectivity index (χ3v) is 7.88. The summed E-state index contributed by atoms with van der Waals surface area (Å²) in [5, 5.41) is 6.92. The SMILES string of the molecule is COC(=O)c1ccccc1NC(C)c1cc(C)cc2c1CN(C1CCC3(CC1)CNC3)C2=O. The number of para-hydroxylation sites is 1. The highest BCUT2D eigenvalue weighted by Crippen LogP contribution is 2.43. The van der Waals surface area contributed by atoms with Gasteiger partial charge in [0.15, 0.2) is 0 Å². The molecule has 6 nitrogen and oxygen atoms in total. The van der Waals surface area contributed by atoms with Gasteiger partial charge in [-0.1, -0.05) is 18.2 Å². The molecule has 1 amide bonds. The summed E-state index contributed by atoms with van der Waals surface area (Å²) in [5.41, 5.74) is 5.89. The fraction of sp³-hybridized carbons (Fsp3) is 0.481. The van der Waals surface area contributed by atoms with Crippen molar-refractivity contribution in [1.29, 1.82) is 0 Å². The molecule has 2 aromatic rings. The Morgan fingerprint density at radius 1 is 1.21 bits per heavy atom. The number of ether oxygens (including phenoxy) is 1. The highest BCUT2D eigenvalue weighted by Gasteiger charge is 2.43. The van der Waals surface area contributed by atoms with Crippen molar-refractivity contribution in [3.05, 3.63) is 64.2 Å². The zero-order chi connectivity index (χ0) is 23.2. The van der Waals surface area contributed by atoms with E-state index < -0.39 is 0 Å². The van der Waals surface area contributed by atoms with Crippen LogP contribution in [0.4, 0.5) is 5.69 Å². The van der Waals surface area contributed by atoms with E-state index in [1.807, 2.05) is 31.2 Å². The number of hydrogen-bond acceptors (Lipinski definition) is 5. The summed E-state index contributed by atoms with van der Waals surface area (Å²) in [6, 6.07) is 11.9. The van der Waals surface area contributed by atoms with Crippen LogP contribution in [0.5, 0.6) is 0 Å². The maximum Gasteiger partial charge on any atom is 0.339 e. The van der Waals surface area contributed by atoms with Gasteiger partial charge < -0.3 is 20.3 Å². The molecule has 1 aliphatic carbocycles. The van der Waals surface area contributed by atoms with Gasteiger partial charge in [0.05, 0.1) is 12.7 Å². The number of aryl methyl sites for hydroxylation is 1. The number of nitrogens with zero attached hydrogens (tertiary/aromatic N) is 1. The molecule has 0 aromatic heterocycles. The largest absolute Gasteiger partial charge is 0.465 e. The minimum absolute atomic E-state index is 0.0621. The van der Waals surface area contributed by atoms with Crippen LogP contribution in [0.2, 0.25) is 0 Å². The fourth-order valence-corrected chi connectivity index (χ4v) is 5.86. The maximum atomic E-state index is 13.4. The van der Waals surface area contributed by atoms with Gasteiger partial charge in [0, 0.05) is 43.0 Å². The van der Waals surface area contributed by atoms with Crippen molar-refractivity contribution >= 4 is 17.6 Å². The Labute approximate surface area is 195 Å². The summed E-state index contributed by atoms with van der Waals surface area (Å²) in [5.74, 6) is -0.192. The molecule has 1 saturated heterocycles. The summed E-state index contributed by atoms with van der Waals surface area (Å²) >= 11 is 0. The number of benzene rings is 2. The summed E-state index contributed by atoms with van der Waals surface area (Å²) in [6.45, 7) is 7.07. The summed E-state index contributed by atoms with van der Waals surface area (Å²) < 4.78 is 4.95. The highest BCUT2D eigenvalue weighted by molar-refractivity contribution is 5.99. The lowest BCUT2D eigenvalue weighted by Gasteiger charge is -2.48. The molecule has 2 aromatic carbocycles. The minimum atomic E-state index is -0.363. The molecule has 1 unspecified atom stereocenters. The smallest absolute Gasteiger partial charge is 0.339 e. The predicted octanol–water partition coefficient (Wildman–Crippen LogP) is 4.44. The van der Waals surface area contributed by atoms with E-state index in [0.717, 1.165) is 53.9 Å². The molecule has 2 N–H and O–H groups in total. The van der Waals surface area contributed by atoms with Crippen LogP contribution in [-0.2, 0) is 11.3 Å². The van der Waals surface area contributed by atoms with Crippen LogP contribution in [0.25, 0.3) is 0 Å². The van der Waals surface area contributed by atoms with E-state index in [1.54, 1.807) is 6.07 Å². The van der Waals surface area contributed by atoms with Crippen LogP contribution in [0.1, 0.15) is 76.1 Å². The van der Waals surface area contributed by atoms with Gasteiger partial charge in [-0.25, -0.2) is 4.79 Å². The number of nitrogens with one attached hydrogen (secondary N) is 2. The molecule has 0 bridgehead atoms. The number of fused-ring (bicyclic) bond motifs is 1. The van der Waals surface area contributed by atoms with Crippen molar-refractivity contribution in [2.45, 2.75) is 58.2 Å². The zero-order valence-corrected chi connectivity index (χ0v) is 19.7. The lowest BCUT2D eigenvalue weighted by atomic mass is 9.68. The number of methoxy groups -OCH3 is 1. The molecule has 3 aliphatic rings. The number of carbonyl (C=O) groups excluding carboxylic acids is 2. The first-order valence-electron chi connectivity index (χ1n) is 12.0. The molecule has 1 saturated carbocycles. The van der Waals surface area contributed by atoms with Gasteiger partial charge in [-0.3, -0.25) is 4.79 Å². The van der Waals surface area contributed by atoms with Crippen LogP contribution in [-0.4, -0.2) is 43.0 Å². The molecule has 6 heteroatoms. The van der Waals surface area contributed by atoms with Crippen molar-refractivity contribution in [3.8, 4) is 0 Å². The Hall–Kier alpha value is -2.86. The van der Waals surface area contributed by atoms with Gasteiger partial charge in [-0.2, -0.15) is 0 Å². The van der Waals surface area contributed by atoms with Gasteiger partial charge in [-0.15, -0.1) is 0 Å². The van der Waals surface area contributed by atoms with Crippen molar-refractivity contribution in [1.82, 2.24) is 10.2 Å². The number of rotatable bonds is 5. The third-order valence-electron chi connectivity index (χ3n) is 7.88. The van der Waals surface area contributed by atoms with Gasteiger partial charge in [0.2, 0.25) is 0 Å². The van der Waals surface area contributed by atoms with Crippen LogP contribution >= 0.6 is 0 Å². The highest BCUT2D eigenvalue weighted by atomic mass is 16.5. The lowest BCUT2D eigenvalue weighted by molar-refractivity contribution is 0.0404. The van der Waals surface area contributed by atoms with Gasteiger partial charge in [0.1, 0.15) is 0 Å². The molecule has 5 rings (SSSR count). The monoisotopic (exact) mass is 447 g/mol. The number of esters is 1. The van der Waals surface area contributed by atoms with E-state index >= 15 is 0 Å². The molecule has 2 aliphatic heterocycles. The normalized spacial score (nSPS) is 20.3. The van der Waals surface area contributed by atoms with E-state index in [4.69, 9.17) is 4.74 Å². The molecule has 33 heavy (non-hydrogen) atoms. The molecular weight excluding hydrogens is 414 g/mol. The minimum Gasteiger partial charge on any atom is -0.465 e. The average Bonchev–Trinajstić information content (AvgIpc) is 3.13. The second-order valence-electron chi connectivity index (χ2n) is 10.1. The van der Waals surface area contributed by atoms with Gasteiger partial charge >= 0.3 is 5.97 Å². The van der Waals surface area contributed by atoms with E-state index in [9.17, 15) is 9.59 Å². The standard InChI is InChI=1S/C27H33N3O3/c1-17-12-21(18(2)29-24-7-5-4-6-20(24)26(32)33-3)23-14-30(25(31)22(23)13-17)19-8-10-27(11-9-19)15-28-16-27/h4-7,12-13,18-19,28-29H,8-11,14-16H2,1-3H3. The van der Waals surface area contributed by atoms with E-state index in [-0.39, 0.29) is 17.9 Å². The predicted molar refractivity (Wildman–Crippen MR) is 128 cm³/mol. The molecule has 1 spiro atoms. The first-order valence-corrected chi connectivity index (χ1v) is 12.0. The van der Waals surface area contributed by atoms with Crippen molar-refractivity contribution in [3.63, 3.8) is 0 Å². The Kier molecular flexibility index (Phi) is 5.65. The molecule has 2 fully saturated rings. The van der Waals surface area contributed by atoms with Gasteiger partial charge in [0.25, 0.3) is 5.91 Å².